The predicted molar refractivity (Wildman–Crippen MR) is 93.7 cm³/mol. The van der Waals surface area contributed by atoms with Crippen LogP contribution in [0.3, 0.4) is 0 Å². The molecule has 1 atom stereocenters. The fraction of sp³-hybridized carbons (Fsp3) is 0.158. The molecule has 0 aliphatic heterocycles. The van der Waals surface area contributed by atoms with Crippen molar-refractivity contribution in [2.45, 2.75) is 19.4 Å². The topological polar surface area (TPSA) is 42.0 Å². The first-order chi connectivity index (χ1) is 11.2. The Kier molecular flexibility index (Phi) is 4.83. The van der Waals surface area contributed by atoms with E-state index in [1.165, 1.54) is 16.9 Å². The van der Waals surface area contributed by atoms with Gasteiger partial charge < -0.3 is 5.32 Å². The molecule has 1 heterocycles. The lowest BCUT2D eigenvalue weighted by Gasteiger charge is -2.13. The van der Waals surface area contributed by atoms with E-state index < -0.39 is 0 Å². The molecule has 116 valence electrons. The Balaban J connectivity index is 1.64. The number of thiazole rings is 1. The van der Waals surface area contributed by atoms with Crippen molar-refractivity contribution in [3.05, 3.63) is 87.9 Å². The van der Waals surface area contributed by atoms with Gasteiger partial charge in [0.25, 0.3) is 5.91 Å². The highest BCUT2D eigenvalue weighted by Gasteiger charge is 2.14. The minimum atomic E-state index is -0.128. The second-order valence-corrected chi connectivity index (χ2v) is 6.34. The average Bonchev–Trinajstić information content (AvgIpc) is 3.05. The number of carbonyl (C=O) groups is 1. The van der Waals surface area contributed by atoms with Crippen molar-refractivity contribution in [3.63, 3.8) is 0 Å². The molecule has 0 aliphatic rings. The third-order valence-corrected chi connectivity index (χ3v) is 4.48. The molecule has 3 aromatic rings. The van der Waals surface area contributed by atoms with Gasteiger partial charge in [0.1, 0.15) is 5.69 Å². The van der Waals surface area contributed by atoms with Crippen molar-refractivity contribution in [1.82, 2.24) is 10.3 Å². The van der Waals surface area contributed by atoms with E-state index in [-0.39, 0.29) is 11.9 Å². The molecular formula is C19H18N2OS. The number of rotatable bonds is 5. The molecule has 0 spiro atoms. The SMILES string of the molecule is CC(NC(=O)c1csc(Cc2ccccc2)n1)c1ccccc1. The Hall–Kier alpha value is -2.46. The molecule has 0 aliphatic carbocycles. The maximum absolute atomic E-state index is 12.3. The molecule has 1 unspecified atom stereocenters. The summed E-state index contributed by atoms with van der Waals surface area (Å²) in [5.41, 5.74) is 2.77. The summed E-state index contributed by atoms with van der Waals surface area (Å²) >= 11 is 1.52. The zero-order valence-corrected chi connectivity index (χ0v) is 13.7. The summed E-state index contributed by atoms with van der Waals surface area (Å²) < 4.78 is 0. The lowest BCUT2D eigenvalue weighted by Crippen LogP contribution is -2.26. The third kappa shape index (κ3) is 4.05. The number of nitrogens with one attached hydrogen (secondary N) is 1. The van der Waals surface area contributed by atoms with Crippen LogP contribution in [0.15, 0.2) is 66.0 Å². The Morgan fingerprint density at radius 1 is 1.09 bits per heavy atom. The summed E-state index contributed by atoms with van der Waals surface area (Å²) in [6, 6.07) is 20.0. The van der Waals surface area contributed by atoms with Gasteiger partial charge in [0, 0.05) is 11.8 Å². The summed E-state index contributed by atoms with van der Waals surface area (Å²) in [4.78, 5) is 16.8. The fourth-order valence-electron chi connectivity index (χ4n) is 2.36. The monoisotopic (exact) mass is 322 g/mol. The van der Waals surface area contributed by atoms with Crippen LogP contribution in [0.5, 0.6) is 0 Å². The number of amides is 1. The van der Waals surface area contributed by atoms with Gasteiger partial charge >= 0.3 is 0 Å². The molecule has 1 amide bonds. The van der Waals surface area contributed by atoms with Gasteiger partial charge in [-0.05, 0) is 18.1 Å². The van der Waals surface area contributed by atoms with E-state index >= 15 is 0 Å². The second kappa shape index (κ2) is 7.20. The highest BCUT2D eigenvalue weighted by molar-refractivity contribution is 7.09. The number of benzene rings is 2. The van der Waals surface area contributed by atoms with Crippen molar-refractivity contribution in [3.8, 4) is 0 Å². The lowest BCUT2D eigenvalue weighted by atomic mass is 10.1. The van der Waals surface area contributed by atoms with Gasteiger partial charge in [0.2, 0.25) is 0 Å². The van der Waals surface area contributed by atoms with Gasteiger partial charge in [-0.1, -0.05) is 60.7 Å². The van der Waals surface area contributed by atoms with Gasteiger partial charge in [-0.3, -0.25) is 4.79 Å². The van der Waals surface area contributed by atoms with Crippen molar-refractivity contribution in [1.29, 1.82) is 0 Å². The highest BCUT2D eigenvalue weighted by atomic mass is 32.1. The van der Waals surface area contributed by atoms with E-state index in [0.717, 1.165) is 17.0 Å². The van der Waals surface area contributed by atoms with E-state index in [1.54, 1.807) is 0 Å². The van der Waals surface area contributed by atoms with Crippen LogP contribution in [0.2, 0.25) is 0 Å². The van der Waals surface area contributed by atoms with E-state index in [2.05, 4.69) is 22.4 Å². The average molecular weight is 322 g/mol. The summed E-state index contributed by atoms with van der Waals surface area (Å²) in [6.07, 6.45) is 0.757. The van der Waals surface area contributed by atoms with E-state index in [9.17, 15) is 4.79 Å². The van der Waals surface area contributed by atoms with Crippen LogP contribution in [-0.2, 0) is 6.42 Å². The molecule has 0 bridgehead atoms. The van der Waals surface area contributed by atoms with Crippen LogP contribution in [0.25, 0.3) is 0 Å². The minimum absolute atomic E-state index is 0.0389. The molecule has 1 aromatic heterocycles. The van der Waals surface area contributed by atoms with Crippen LogP contribution < -0.4 is 5.32 Å². The summed E-state index contributed by atoms with van der Waals surface area (Å²) in [7, 11) is 0. The molecule has 0 fully saturated rings. The standard InChI is InChI=1S/C19H18N2OS/c1-14(16-10-6-3-7-11-16)20-19(22)17-13-23-18(21-17)12-15-8-4-2-5-9-15/h2-11,13-14H,12H2,1H3,(H,20,22). The molecule has 3 rings (SSSR count). The Bertz CT molecular complexity index is 768. The number of hydrogen-bond acceptors (Lipinski definition) is 3. The van der Waals surface area contributed by atoms with Crippen molar-refractivity contribution >= 4 is 17.2 Å². The fourth-order valence-corrected chi connectivity index (χ4v) is 3.17. The normalized spacial score (nSPS) is 11.9. The largest absolute Gasteiger partial charge is 0.344 e. The second-order valence-electron chi connectivity index (χ2n) is 5.39. The molecule has 4 heteroatoms. The number of hydrogen-bond donors (Lipinski definition) is 1. The van der Waals surface area contributed by atoms with Gasteiger partial charge in [-0.2, -0.15) is 0 Å². The molecule has 23 heavy (non-hydrogen) atoms. The van der Waals surface area contributed by atoms with E-state index in [4.69, 9.17) is 0 Å². The number of aromatic nitrogens is 1. The van der Waals surface area contributed by atoms with Crippen molar-refractivity contribution in [2.75, 3.05) is 0 Å². The van der Waals surface area contributed by atoms with E-state index in [0.29, 0.717) is 5.69 Å². The molecule has 0 radical (unpaired) electrons. The van der Waals surface area contributed by atoms with Gasteiger partial charge in [0.15, 0.2) is 0 Å². The summed E-state index contributed by atoms with van der Waals surface area (Å²) in [5.74, 6) is -0.128. The molecule has 3 nitrogen and oxygen atoms in total. The first-order valence-electron chi connectivity index (χ1n) is 7.56. The molecule has 2 aromatic carbocycles. The first-order valence-corrected chi connectivity index (χ1v) is 8.44. The van der Waals surface area contributed by atoms with Crippen LogP contribution in [-0.4, -0.2) is 10.9 Å². The maximum atomic E-state index is 12.3. The summed E-state index contributed by atoms with van der Waals surface area (Å²) in [6.45, 7) is 1.98. The predicted octanol–water partition coefficient (Wildman–Crippen LogP) is 4.22. The van der Waals surface area contributed by atoms with Crippen LogP contribution in [0.1, 0.15) is 39.6 Å². The number of carbonyl (C=O) groups excluding carboxylic acids is 1. The molecule has 0 saturated heterocycles. The van der Waals surface area contributed by atoms with Gasteiger partial charge in [-0.15, -0.1) is 11.3 Å². The molecular weight excluding hydrogens is 304 g/mol. The molecule has 0 saturated carbocycles. The van der Waals surface area contributed by atoms with E-state index in [1.807, 2.05) is 60.8 Å². The summed E-state index contributed by atoms with van der Waals surface area (Å²) in [5, 5.41) is 5.77. The molecule has 1 N–H and O–H groups in total. The quantitative estimate of drug-likeness (QED) is 0.764. The Morgan fingerprint density at radius 2 is 1.74 bits per heavy atom. The zero-order valence-electron chi connectivity index (χ0n) is 12.9. The van der Waals surface area contributed by atoms with Crippen LogP contribution in [0, 0.1) is 0 Å². The zero-order chi connectivity index (χ0) is 16.1. The van der Waals surface area contributed by atoms with Gasteiger partial charge in [-0.25, -0.2) is 4.98 Å². The smallest absolute Gasteiger partial charge is 0.271 e. The Labute approximate surface area is 140 Å². The minimum Gasteiger partial charge on any atom is -0.344 e. The van der Waals surface area contributed by atoms with Crippen LogP contribution in [0.4, 0.5) is 0 Å². The lowest BCUT2D eigenvalue weighted by molar-refractivity contribution is 0.0935. The van der Waals surface area contributed by atoms with Crippen molar-refractivity contribution < 1.29 is 4.79 Å². The first kappa shape index (κ1) is 15.4. The number of nitrogens with zero attached hydrogens (tertiary/aromatic N) is 1. The maximum Gasteiger partial charge on any atom is 0.271 e. The van der Waals surface area contributed by atoms with Crippen LogP contribution >= 0.6 is 11.3 Å². The third-order valence-electron chi connectivity index (χ3n) is 3.63. The highest BCUT2D eigenvalue weighted by Crippen LogP contribution is 2.16. The van der Waals surface area contributed by atoms with Crippen molar-refractivity contribution in [2.24, 2.45) is 0 Å². The van der Waals surface area contributed by atoms with Gasteiger partial charge in [0.05, 0.1) is 11.0 Å². The Morgan fingerprint density at radius 3 is 2.43 bits per heavy atom.